The van der Waals surface area contributed by atoms with Gasteiger partial charge in [-0.25, -0.2) is 13.4 Å². The van der Waals surface area contributed by atoms with Crippen molar-refractivity contribution >= 4 is 10.0 Å². The summed E-state index contributed by atoms with van der Waals surface area (Å²) >= 11 is 0. The van der Waals surface area contributed by atoms with Gasteiger partial charge in [-0.2, -0.15) is 22.5 Å². The highest BCUT2D eigenvalue weighted by Gasteiger charge is 2.35. The average Bonchev–Trinajstić information content (AvgIpc) is 2.60. The fraction of sp³-hybridized carbons (Fsp3) is 0.444. The number of nitrogens with zero attached hydrogens (tertiary/aromatic N) is 3. The molecule has 0 radical (unpaired) electrons. The van der Waals surface area contributed by atoms with Crippen LogP contribution in [0.3, 0.4) is 0 Å². The number of alkyl halides is 3. The third-order valence-corrected chi connectivity index (χ3v) is 6.23. The summed E-state index contributed by atoms with van der Waals surface area (Å²) in [5.41, 5.74) is -0.267. The molecule has 1 fully saturated rings. The number of benzene rings is 1. The number of aromatic nitrogens is 2. The minimum absolute atomic E-state index is 0.0423. The number of piperidine rings is 1. The van der Waals surface area contributed by atoms with Gasteiger partial charge < -0.3 is 4.74 Å². The molecule has 1 saturated heterocycles. The summed E-state index contributed by atoms with van der Waals surface area (Å²) in [6, 6.07) is 5.44. The lowest BCUT2D eigenvalue weighted by molar-refractivity contribution is -0.137. The smallest absolute Gasteiger partial charge is 0.416 e. The van der Waals surface area contributed by atoms with Gasteiger partial charge in [0.2, 0.25) is 15.9 Å². The Balaban J connectivity index is 1.79. The molecule has 1 aromatic carbocycles. The van der Waals surface area contributed by atoms with Gasteiger partial charge in [0.25, 0.3) is 0 Å². The molecule has 28 heavy (non-hydrogen) atoms. The SMILES string of the molecule is Cc1cc(OC2CCCN(S(=O)(=O)c3cccc(C(F)(F)F)c3)C2)nc(C)n1. The van der Waals surface area contributed by atoms with Gasteiger partial charge in [0.05, 0.1) is 17.0 Å². The quantitative estimate of drug-likeness (QED) is 0.766. The van der Waals surface area contributed by atoms with Gasteiger partial charge in [0.15, 0.2) is 0 Å². The van der Waals surface area contributed by atoms with Crippen LogP contribution < -0.4 is 4.74 Å². The summed E-state index contributed by atoms with van der Waals surface area (Å²) in [7, 11) is -4.07. The number of aryl methyl sites for hydroxylation is 2. The van der Waals surface area contributed by atoms with Crippen molar-refractivity contribution in [2.45, 2.75) is 43.9 Å². The molecule has 6 nitrogen and oxygen atoms in total. The van der Waals surface area contributed by atoms with E-state index in [1.54, 1.807) is 19.9 Å². The van der Waals surface area contributed by atoms with E-state index in [0.29, 0.717) is 30.6 Å². The van der Waals surface area contributed by atoms with Crippen LogP contribution in [0.25, 0.3) is 0 Å². The first-order valence-corrected chi connectivity index (χ1v) is 10.2. The lowest BCUT2D eigenvalue weighted by atomic mass is 10.1. The zero-order chi connectivity index (χ0) is 20.5. The number of ether oxygens (including phenoxy) is 1. The summed E-state index contributed by atoms with van der Waals surface area (Å²) in [5, 5.41) is 0. The van der Waals surface area contributed by atoms with E-state index in [4.69, 9.17) is 4.74 Å². The zero-order valence-electron chi connectivity index (χ0n) is 15.4. The van der Waals surface area contributed by atoms with E-state index in [1.807, 2.05) is 0 Å². The molecular formula is C18H20F3N3O3S. The minimum Gasteiger partial charge on any atom is -0.473 e. The Hall–Kier alpha value is -2.20. The third-order valence-electron chi connectivity index (χ3n) is 4.37. The second kappa shape index (κ2) is 7.67. The van der Waals surface area contributed by atoms with Gasteiger partial charge in [-0.3, -0.25) is 0 Å². The summed E-state index contributed by atoms with van der Waals surface area (Å²) in [6.45, 7) is 3.79. The van der Waals surface area contributed by atoms with Gasteiger partial charge in [0, 0.05) is 18.3 Å². The van der Waals surface area contributed by atoms with Gasteiger partial charge in [-0.15, -0.1) is 0 Å². The van der Waals surface area contributed by atoms with Crippen molar-refractivity contribution < 1.29 is 26.3 Å². The molecule has 0 bridgehead atoms. The largest absolute Gasteiger partial charge is 0.473 e. The predicted molar refractivity (Wildman–Crippen MR) is 95.4 cm³/mol. The highest BCUT2D eigenvalue weighted by Crippen LogP contribution is 2.31. The van der Waals surface area contributed by atoms with Crippen LogP contribution in [0.15, 0.2) is 35.2 Å². The molecule has 1 atom stereocenters. The normalized spacial score (nSPS) is 18.8. The summed E-state index contributed by atoms with van der Waals surface area (Å²) < 4.78 is 71.5. The Bertz CT molecular complexity index is 944. The first kappa shape index (κ1) is 20.5. The van der Waals surface area contributed by atoms with E-state index in [2.05, 4.69) is 9.97 Å². The Labute approximate surface area is 161 Å². The maximum absolute atomic E-state index is 12.9. The predicted octanol–water partition coefficient (Wildman–Crippen LogP) is 3.34. The van der Waals surface area contributed by atoms with Crippen LogP contribution in [-0.2, 0) is 16.2 Å². The van der Waals surface area contributed by atoms with E-state index < -0.39 is 27.9 Å². The standard InChI is InChI=1S/C18H20F3N3O3S/c1-12-9-17(23-13(2)22-12)27-15-6-4-8-24(11-15)28(25,26)16-7-3-5-14(10-16)18(19,20)21/h3,5,7,9-10,15H,4,6,8,11H2,1-2H3. The Kier molecular flexibility index (Phi) is 5.62. The highest BCUT2D eigenvalue weighted by atomic mass is 32.2. The molecule has 0 amide bonds. The van der Waals surface area contributed by atoms with Crippen LogP contribution in [0.5, 0.6) is 5.88 Å². The molecule has 10 heteroatoms. The topological polar surface area (TPSA) is 72.4 Å². The maximum Gasteiger partial charge on any atom is 0.416 e. The van der Waals surface area contributed by atoms with E-state index in [0.717, 1.165) is 22.1 Å². The maximum atomic E-state index is 12.9. The number of hydrogen-bond acceptors (Lipinski definition) is 5. The number of rotatable bonds is 4. The number of halogens is 3. The van der Waals surface area contributed by atoms with Crippen LogP contribution in [0.1, 0.15) is 29.9 Å². The van der Waals surface area contributed by atoms with Crippen LogP contribution in [0.4, 0.5) is 13.2 Å². The van der Waals surface area contributed by atoms with Crippen LogP contribution in [0.2, 0.25) is 0 Å². The molecule has 1 unspecified atom stereocenters. The molecule has 1 aliphatic heterocycles. The molecule has 2 aromatic rings. The van der Waals surface area contributed by atoms with E-state index >= 15 is 0 Å². The average molecular weight is 415 g/mol. The minimum atomic E-state index is -4.61. The third kappa shape index (κ3) is 4.61. The van der Waals surface area contributed by atoms with Crippen molar-refractivity contribution in [1.82, 2.24) is 14.3 Å². The molecule has 0 N–H and O–H groups in total. The van der Waals surface area contributed by atoms with Crippen LogP contribution in [-0.4, -0.2) is 41.9 Å². The van der Waals surface area contributed by atoms with Crippen molar-refractivity contribution in [3.8, 4) is 5.88 Å². The second-order valence-electron chi connectivity index (χ2n) is 6.67. The number of sulfonamides is 1. The van der Waals surface area contributed by atoms with Gasteiger partial charge in [0.1, 0.15) is 11.9 Å². The zero-order valence-corrected chi connectivity index (χ0v) is 16.2. The van der Waals surface area contributed by atoms with Crippen LogP contribution >= 0.6 is 0 Å². The molecule has 1 aromatic heterocycles. The molecule has 152 valence electrons. The monoisotopic (exact) mass is 415 g/mol. The van der Waals surface area contributed by atoms with E-state index in [9.17, 15) is 21.6 Å². The summed E-state index contributed by atoms with van der Waals surface area (Å²) in [6.07, 6.45) is -3.90. The Morgan fingerprint density at radius 1 is 1.18 bits per heavy atom. The van der Waals surface area contributed by atoms with Gasteiger partial charge >= 0.3 is 6.18 Å². The van der Waals surface area contributed by atoms with Crippen molar-refractivity contribution in [2.24, 2.45) is 0 Å². The fourth-order valence-electron chi connectivity index (χ4n) is 3.12. The molecule has 0 saturated carbocycles. The van der Waals surface area contributed by atoms with Crippen molar-refractivity contribution in [1.29, 1.82) is 0 Å². The first-order chi connectivity index (χ1) is 13.1. The Morgan fingerprint density at radius 3 is 2.61 bits per heavy atom. The molecule has 0 spiro atoms. The van der Waals surface area contributed by atoms with Gasteiger partial charge in [-0.1, -0.05) is 6.07 Å². The van der Waals surface area contributed by atoms with E-state index in [1.165, 1.54) is 6.07 Å². The van der Waals surface area contributed by atoms with Crippen molar-refractivity contribution in [2.75, 3.05) is 13.1 Å². The first-order valence-electron chi connectivity index (χ1n) is 8.72. The Morgan fingerprint density at radius 2 is 1.93 bits per heavy atom. The highest BCUT2D eigenvalue weighted by molar-refractivity contribution is 7.89. The summed E-state index contributed by atoms with van der Waals surface area (Å²) in [4.78, 5) is 7.97. The van der Waals surface area contributed by atoms with Crippen molar-refractivity contribution in [3.05, 3.63) is 47.4 Å². The fourth-order valence-corrected chi connectivity index (χ4v) is 4.67. The molecule has 3 rings (SSSR count). The summed E-state index contributed by atoms with van der Waals surface area (Å²) in [5.74, 6) is 0.896. The second-order valence-corrected chi connectivity index (χ2v) is 8.60. The number of hydrogen-bond donors (Lipinski definition) is 0. The van der Waals surface area contributed by atoms with Gasteiger partial charge in [-0.05, 0) is 44.9 Å². The molecule has 0 aliphatic carbocycles. The van der Waals surface area contributed by atoms with E-state index in [-0.39, 0.29) is 18.0 Å². The van der Waals surface area contributed by atoms with Crippen LogP contribution in [0, 0.1) is 13.8 Å². The van der Waals surface area contributed by atoms with Crippen molar-refractivity contribution in [3.63, 3.8) is 0 Å². The molecule has 1 aliphatic rings. The lowest BCUT2D eigenvalue weighted by Crippen LogP contribution is -2.44. The molecule has 2 heterocycles. The molecular weight excluding hydrogens is 395 g/mol. The lowest BCUT2D eigenvalue weighted by Gasteiger charge is -2.32.